The lowest BCUT2D eigenvalue weighted by molar-refractivity contribution is -0.688. The van der Waals surface area contributed by atoms with Crippen LogP contribution in [0.2, 0.25) is 0 Å². The fourth-order valence-corrected chi connectivity index (χ4v) is 10.1. The number of nitrogens with zero attached hydrogens (tertiary/aromatic N) is 8. The van der Waals surface area contributed by atoms with E-state index in [1.807, 2.05) is 0 Å². The van der Waals surface area contributed by atoms with Crippen LogP contribution in [-0.2, 0) is 26.2 Å². The third kappa shape index (κ3) is 10.2. The average molecular weight is 985 g/mol. The second-order valence-electron chi connectivity index (χ2n) is 19.7. The van der Waals surface area contributed by atoms with Crippen molar-refractivity contribution in [2.75, 3.05) is 0 Å². The van der Waals surface area contributed by atoms with Crippen LogP contribution in [0.5, 0.6) is 0 Å². The van der Waals surface area contributed by atoms with Gasteiger partial charge in [-0.3, -0.25) is 0 Å². The van der Waals surface area contributed by atoms with Gasteiger partial charge >= 0.3 is 0 Å². The Hall–Kier alpha value is -9.92. The molecule has 24 bridgehead atoms. The van der Waals surface area contributed by atoms with Gasteiger partial charge in [-0.1, -0.05) is 48.5 Å². The first-order valence-corrected chi connectivity index (χ1v) is 25.9. The molecule has 34 aliphatic heterocycles. The molecule has 0 atom stereocenters. The van der Waals surface area contributed by atoms with Gasteiger partial charge in [0.15, 0.2) is 125 Å². The molecule has 76 heavy (non-hydrogen) atoms. The average Bonchev–Trinajstić information content (AvgIpc) is 3.49. The van der Waals surface area contributed by atoms with Crippen molar-refractivity contribution in [2.24, 2.45) is 0 Å². The quantitative estimate of drug-likeness (QED) is 0.136. The summed E-state index contributed by atoms with van der Waals surface area (Å²) in [4.78, 5) is 0. The van der Waals surface area contributed by atoms with E-state index in [9.17, 15) is 0 Å². The first-order chi connectivity index (χ1) is 37.5. The molecule has 12 aromatic rings. The fourth-order valence-electron chi connectivity index (χ4n) is 10.1. The Kier molecular flexibility index (Phi) is 12.4. The van der Waals surface area contributed by atoms with Crippen molar-refractivity contribution >= 4 is 0 Å². The second-order valence-corrected chi connectivity index (χ2v) is 19.7. The van der Waals surface area contributed by atoms with Gasteiger partial charge in [0.25, 0.3) is 0 Å². The van der Waals surface area contributed by atoms with Crippen LogP contribution < -0.4 is 36.5 Å². The van der Waals surface area contributed by atoms with Crippen molar-refractivity contribution < 1.29 is 36.5 Å². The summed E-state index contributed by atoms with van der Waals surface area (Å²) in [5.41, 5.74) is 19.0. The van der Waals surface area contributed by atoms with Gasteiger partial charge in [0.05, 0.1) is 0 Å². The lowest BCUT2D eigenvalue weighted by atomic mass is 10.1. The number of hydrogen-bond acceptors (Lipinski definition) is 0. The van der Waals surface area contributed by atoms with Crippen LogP contribution in [0.15, 0.2) is 293 Å². The molecule has 8 nitrogen and oxygen atoms in total. The maximum atomic E-state index is 2.24. The summed E-state index contributed by atoms with van der Waals surface area (Å²) in [6, 6.07) is 70.4. The zero-order chi connectivity index (χ0) is 50.6. The minimum absolute atomic E-state index is 0.810. The molecule has 34 aliphatic rings. The molecular weight excluding hydrogens is 929 g/mol. The Balaban J connectivity index is 0.726. The summed E-state index contributed by atoms with van der Waals surface area (Å²) >= 11 is 0. The molecule has 0 saturated carbocycles. The minimum atomic E-state index is 0.810. The maximum Gasteiger partial charge on any atom is 0.211 e. The normalized spacial score (nSPS) is 12.0. The predicted octanol–water partition coefficient (Wildman–Crippen LogP) is 9.12. The summed E-state index contributed by atoms with van der Waals surface area (Å²) in [7, 11) is 0. The zero-order valence-electron chi connectivity index (χ0n) is 42.1. The highest BCUT2D eigenvalue weighted by atomic mass is 15.0. The highest BCUT2D eigenvalue weighted by molar-refractivity contribution is 5.63. The Morgan fingerprint density at radius 3 is 0.461 bits per heavy atom. The molecule has 0 spiro atoms. The number of benzene rings is 4. The smallest absolute Gasteiger partial charge is 0.201 e. The lowest BCUT2D eigenvalue weighted by Crippen LogP contribution is -2.34. The van der Waals surface area contributed by atoms with Gasteiger partial charge in [0, 0.05) is 168 Å². The molecule has 0 fully saturated rings. The SMILES string of the molecule is c1cc2ccc1C[n+]1ccc(cc1)-c1cc[n+](cc1)-c1ccc(cc1)-[n+]1ccc(cc1)-c1cc[n+](cc1)Cc1ccc(cc1)C[n+]1ccc(cc1)-c1cc[n+](cc1)-c1ccc(cc1)-[n+]1ccc(cc1)-c1cc[n+](cc1)C2. The van der Waals surface area contributed by atoms with Crippen molar-refractivity contribution in [3.05, 3.63) is 316 Å². The summed E-state index contributed by atoms with van der Waals surface area (Å²) in [6.07, 6.45) is 34.5. The molecule has 0 saturated heterocycles. The van der Waals surface area contributed by atoms with Crippen molar-refractivity contribution in [3.63, 3.8) is 0 Å². The Labute approximate surface area is 443 Å². The third-order valence-electron chi connectivity index (χ3n) is 14.6. The third-order valence-corrected chi connectivity index (χ3v) is 14.6. The zero-order valence-corrected chi connectivity index (χ0v) is 42.1. The van der Waals surface area contributed by atoms with E-state index in [0.29, 0.717) is 0 Å². The number of pyridine rings is 8. The summed E-state index contributed by atoms with van der Waals surface area (Å²) in [5, 5.41) is 0. The highest BCUT2D eigenvalue weighted by Gasteiger charge is 2.16. The molecule has 0 unspecified atom stereocenters. The van der Waals surface area contributed by atoms with E-state index in [1.165, 1.54) is 66.8 Å². The molecule has 8 heteroatoms. The fraction of sp³-hybridized carbons (Fsp3) is 0.0588. The van der Waals surface area contributed by atoms with E-state index in [4.69, 9.17) is 0 Å². The van der Waals surface area contributed by atoms with Crippen molar-refractivity contribution in [2.45, 2.75) is 26.2 Å². The molecule has 0 aliphatic carbocycles. The molecule has 0 radical (unpaired) electrons. The van der Waals surface area contributed by atoms with Gasteiger partial charge in [0.2, 0.25) is 22.7 Å². The molecule has 0 amide bonds. The standard InChI is InChI=1S/C68H56N8/c1-2-54-4-3-53(1)49-69-33-17-57(18-34-69)61-25-41-73(42-26-61)65-9-11-67(12-10-65)75-45-29-63(30-46-75)59-21-37-71(38-22-59)51-55-5-7-56(8-6-55)52-72-39-23-60(24-40-72)64-31-47-76(48-32-64)68-15-13-66(14-16-68)74-43-27-62(28-44-74)58-19-35-70(50-54)36-20-58/h1-48H,49-52H2/q+8. The lowest BCUT2D eigenvalue weighted by Gasteiger charge is -2.04. The van der Waals surface area contributed by atoms with Crippen LogP contribution in [0.1, 0.15) is 22.3 Å². The van der Waals surface area contributed by atoms with E-state index >= 15 is 0 Å². The molecule has 360 valence electrons. The minimum Gasteiger partial charge on any atom is -0.201 e. The van der Waals surface area contributed by atoms with Crippen LogP contribution in [0.4, 0.5) is 0 Å². The summed E-state index contributed by atoms with van der Waals surface area (Å²) in [6.45, 7) is 3.24. The van der Waals surface area contributed by atoms with Crippen LogP contribution in [0, 0.1) is 0 Å². The predicted molar refractivity (Wildman–Crippen MR) is 291 cm³/mol. The largest absolute Gasteiger partial charge is 0.211 e. The van der Waals surface area contributed by atoms with Crippen LogP contribution in [0.3, 0.4) is 0 Å². The van der Waals surface area contributed by atoms with Gasteiger partial charge < -0.3 is 0 Å². The van der Waals surface area contributed by atoms with E-state index in [1.54, 1.807) is 0 Å². The van der Waals surface area contributed by atoms with Crippen LogP contribution in [0.25, 0.3) is 67.3 Å². The number of hydrogen-bond donors (Lipinski definition) is 0. The molecule has 46 rings (SSSR count). The first-order valence-electron chi connectivity index (χ1n) is 25.9. The Morgan fingerprint density at radius 2 is 0.303 bits per heavy atom. The van der Waals surface area contributed by atoms with Gasteiger partial charge in [-0.05, 0) is 44.5 Å². The van der Waals surface area contributed by atoms with Gasteiger partial charge in [-0.25, -0.2) is 18.3 Å². The topological polar surface area (TPSA) is 31.0 Å². The van der Waals surface area contributed by atoms with Gasteiger partial charge in [0.1, 0.15) is 0 Å². The van der Waals surface area contributed by atoms with Gasteiger partial charge in [-0.2, -0.15) is 18.3 Å². The van der Waals surface area contributed by atoms with E-state index in [0.717, 1.165) is 48.9 Å². The molecular formula is C68H56N8+8. The van der Waals surface area contributed by atoms with Crippen molar-refractivity contribution in [1.82, 2.24) is 0 Å². The summed E-state index contributed by atoms with van der Waals surface area (Å²) < 4.78 is 17.6. The van der Waals surface area contributed by atoms with E-state index < -0.39 is 0 Å². The number of rotatable bonds is 0. The van der Waals surface area contributed by atoms with Crippen LogP contribution >= 0.6 is 0 Å². The maximum absolute atomic E-state index is 2.24. The molecule has 0 N–H and O–H groups in total. The Bertz CT molecular complexity index is 3380. The summed E-state index contributed by atoms with van der Waals surface area (Å²) in [5.74, 6) is 0. The van der Waals surface area contributed by atoms with Crippen molar-refractivity contribution in [1.29, 1.82) is 0 Å². The molecule has 4 aromatic carbocycles. The molecule has 42 heterocycles. The monoisotopic (exact) mass is 984 g/mol. The highest BCUT2D eigenvalue weighted by Crippen LogP contribution is 2.21. The van der Waals surface area contributed by atoms with Crippen LogP contribution in [-0.4, -0.2) is 0 Å². The number of aromatic nitrogens is 8. The van der Waals surface area contributed by atoms with E-state index in [-0.39, 0.29) is 0 Å². The van der Waals surface area contributed by atoms with Gasteiger partial charge in [-0.15, -0.1) is 0 Å². The second kappa shape index (κ2) is 20.5. The first kappa shape index (κ1) is 45.9. The van der Waals surface area contributed by atoms with E-state index in [2.05, 4.69) is 330 Å². The Morgan fingerprint density at radius 1 is 0.158 bits per heavy atom. The van der Waals surface area contributed by atoms with Crippen molar-refractivity contribution in [3.8, 4) is 67.3 Å². The molecule has 8 aromatic heterocycles.